The molecule has 5 nitrogen and oxygen atoms in total. The topological polar surface area (TPSA) is 68.4 Å². The third kappa shape index (κ3) is 3.66. The van der Waals surface area contributed by atoms with Gasteiger partial charge in [-0.2, -0.15) is 0 Å². The molecule has 0 aliphatic heterocycles. The van der Waals surface area contributed by atoms with Gasteiger partial charge in [-0.3, -0.25) is 4.79 Å². The summed E-state index contributed by atoms with van der Waals surface area (Å²) in [5.41, 5.74) is 3.70. The molecule has 0 saturated carbocycles. The number of hydrogen-bond donors (Lipinski definition) is 1. The highest BCUT2D eigenvalue weighted by molar-refractivity contribution is 6.03. The summed E-state index contributed by atoms with van der Waals surface area (Å²) in [4.78, 5) is 28.1. The van der Waals surface area contributed by atoms with Crippen molar-refractivity contribution in [2.45, 2.75) is 32.6 Å². The minimum atomic E-state index is -0.435. The number of ketones is 1. The van der Waals surface area contributed by atoms with Crippen LogP contribution in [0.5, 0.6) is 0 Å². The molecule has 1 N–H and O–H groups in total. The maximum atomic E-state index is 12.6. The number of esters is 1. The first-order valence-corrected chi connectivity index (χ1v) is 8.66. The van der Waals surface area contributed by atoms with Crippen molar-refractivity contribution >= 4 is 11.8 Å². The van der Waals surface area contributed by atoms with Gasteiger partial charge in [-0.1, -0.05) is 30.3 Å². The number of rotatable bonds is 6. The molecular formula is C20H23NO4. The Kier molecular flexibility index (Phi) is 5.34. The van der Waals surface area contributed by atoms with Crippen LogP contribution in [0.2, 0.25) is 0 Å². The third-order valence-electron chi connectivity index (χ3n) is 4.63. The van der Waals surface area contributed by atoms with Crippen molar-refractivity contribution in [2.75, 3.05) is 19.8 Å². The van der Waals surface area contributed by atoms with E-state index in [2.05, 4.69) is 4.98 Å². The molecule has 1 aliphatic rings. The van der Waals surface area contributed by atoms with E-state index in [1.165, 1.54) is 0 Å². The summed E-state index contributed by atoms with van der Waals surface area (Å²) in [6, 6.07) is 10.0. The Labute approximate surface area is 147 Å². The van der Waals surface area contributed by atoms with Crippen LogP contribution in [0, 0.1) is 6.92 Å². The molecule has 1 aromatic heterocycles. The maximum absolute atomic E-state index is 12.6. The molecule has 0 radical (unpaired) electrons. The van der Waals surface area contributed by atoms with Crippen LogP contribution in [0.3, 0.4) is 0 Å². The van der Waals surface area contributed by atoms with Crippen LogP contribution in [0.1, 0.15) is 56.9 Å². The number of aromatic amines is 1. The van der Waals surface area contributed by atoms with Crippen molar-refractivity contribution in [3.8, 4) is 0 Å². The fourth-order valence-corrected chi connectivity index (χ4v) is 3.41. The second kappa shape index (κ2) is 7.66. The number of nitrogens with one attached hydrogen (secondary N) is 1. The number of Topliss-reactive ketones (excluding diaryl/α,β-unsaturated/α-hetero) is 1. The predicted molar refractivity (Wildman–Crippen MR) is 94.1 cm³/mol. The number of carbonyl (C=O) groups excluding carboxylic acids is 2. The van der Waals surface area contributed by atoms with Crippen LogP contribution in [0.15, 0.2) is 30.3 Å². The van der Waals surface area contributed by atoms with E-state index in [1.807, 2.05) is 37.3 Å². The van der Waals surface area contributed by atoms with Gasteiger partial charge < -0.3 is 14.5 Å². The monoisotopic (exact) mass is 341 g/mol. The third-order valence-corrected chi connectivity index (χ3v) is 4.63. The average molecular weight is 341 g/mol. The predicted octanol–water partition coefficient (Wildman–Crippen LogP) is 3.43. The molecule has 25 heavy (non-hydrogen) atoms. The van der Waals surface area contributed by atoms with Crippen LogP contribution in [-0.2, 0) is 15.9 Å². The van der Waals surface area contributed by atoms with E-state index in [9.17, 15) is 9.59 Å². The largest absolute Gasteiger partial charge is 0.459 e. The quantitative estimate of drug-likeness (QED) is 0.646. The highest BCUT2D eigenvalue weighted by Gasteiger charge is 2.32. The lowest BCUT2D eigenvalue weighted by atomic mass is 9.81. The normalized spacial score (nSPS) is 16.6. The van der Waals surface area contributed by atoms with Gasteiger partial charge in [0.1, 0.15) is 12.3 Å². The number of aromatic nitrogens is 1. The molecular weight excluding hydrogens is 318 g/mol. The SMILES string of the molecule is CCOCCOC(=O)c1[nH]c2c(c1C)C(=O)C[C@@H](c1ccccc1)C2. The lowest BCUT2D eigenvalue weighted by Crippen LogP contribution is -2.18. The van der Waals surface area contributed by atoms with Gasteiger partial charge in [-0.25, -0.2) is 4.79 Å². The zero-order valence-corrected chi connectivity index (χ0v) is 14.6. The Morgan fingerprint density at radius 1 is 1.20 bits per heavy atom. The lowest BCUT2D eigenvalue weighted by Gasteiger charge is -2.22. The van der Waals surface area contributed by atoms with Crippen molar-refractivity contribution in [2.24, 2.45) is 0 Å². The van der Waals surface area contributed by atoms with E-state index in [1.54, 1.807) is 6.92 Å². The smallest absolute Gasteiger partial charge is 0.355 e. The second-order valence-corrected chi connectivity index (χ2v) is 6.25. The molecule has 0 amide bonds. The first kappa shape index (κ1) is 17.4. The standard InChI is InChI=1S/C20H23NO4/c1-3-24-9-10-25-20(23)19-13(2)18-16(21-19)11-15(12-17(18)22)14-7-5-4-6-8-14/h4-8,15,21H,3,9-12H2,1-2H3/t15-/m0/s1. The summed E-state index contributed by atoms with van der Waals surface area (Å²) in [5.74, 6) is -0.214. The average Bonchev–Trinajstić information content (AvgIpc) is 2.96. The van der Waals surface area contributed by atoms with Crippen LogP contribution in [0.4, 0.5) is 0 Å². The van der Waals surface area contributed by atoms with Gasteiger partial charge in [0.2, 0.25) is 0 Å². The minimum Gasteiger partial charge on any atom is -0.459 e. The molecule has 1 atom stereocenters. The van der Waals surface area contributed by atoms with Gasteiger partial charge in [0, 0.05) is 24.3 Å². The molecule has 0 bridgehead atoms. The van der Waals surface area contributed by atoms with E-state index in [0.29, 0.717) is 36.5 Å². The Hall–Kier alpha value is -2.40. The van der Waals surface area contributed by atoms with Crippen molar-refractivity contribution in [3.63, 3.8) is 0 Å². The summed E-state index contributed by atoms with van der Waals surface area (Å²) in [7, 11) is 0. The van der Waals surface area contributed by atoms with E-state index >= 15 is 0 Å². The second-order valence-electron chi connectivity index (χ2n) is 6.25. The summed E-state index contributed by atoms with van der Waals surface area (Å²) in [5, 5.41) is 0. The molecule has 0 fully saturated rings. The van der Waals surface area contributed by atoms with Gasteiger partial charge in [0.05, 0.1) is 6.61 Å². The molecule has 1 aromatic carbocycles. The molecule has 1 heterocycles. The maximum Gasteiger partial charge on any atom is 0.355 e. The molecule has 0 saturated heterocycles. The Morgan fingerprint density at radius 2 is 1.96 bits per heavy atom. The highest BCUT2D eigenvalue weighted by Crippen LogP contribution is 2.35. The summed E-state index contributed by atoms with van der Waals surface area (Å²) >= 11 is 0. The van der Waals surface area contributed by atoms with Gasteiger partial charge in [-0.15, -0.1) is 0 Å². The Balaban J connectivity index is 1.78. The summed E-state index contributed by atoms with van der Waals surface area (Å²) in [6.07, 6.45) is 1.19. The molecule has 132 valence electrons. The summed E-state index contributed by atoms with van der Waals surface area (Å²) < 4.78 is 10.4. The Bertz CT molecular complexity index is 764. The molecule has 3 rings (SSSR count). The van der Waals surface area contributed by atoms with Crippen molar-refractivity contribution in [1.82, 2.24) is 4.98 Å². The zero-order valence-electron chi connectivity index (χ0n) is 14.6. The molecule has 1 aliphatic carbocycles. The van der Waals surface area contributed by atoms with E-state index in [0.717, 1.165) is 17.7 Å². The van der Waals surface area contributed by atoms with Gasteiger partial charge in [-0.05, 0) is 37.3 Å². The molecule has 2 aromatic rings. The van der Waals surface area contributed by atoms with Crippen molar-refractivity contribution in [3.05, 3.63) is 58.4 Å². The van der Waals surface area contributed by atoms with E-state index in [-0.39, 0.29) is 18.3 Å². The van der Waals surface area contributed by atoms with Gasteiger partial charge in [0.15, 0.2) is 5.78 Å². The van der Waals surface area contributed by atoms with E-state index < -0.39 is 5.97 Å². The van der Waals surface area contributed by atoms with E-state index in [4.69, 9.17) is 9.47 Å². The highest BCUT2D eigenvalue weighted by atomic mass is 16.6. The van der Waals surface area contributed by atoms with Gasteiger partial charge in [0.25, 0.3) is 0 Å². The molecule has 0 spiro atoms. The fraction of sp³-hybridized carbons (Fsp3) is 0.400. The van der Waals surface area contributed by atoms with Crippen molar-refractivity contribution in [1.29, 1.82) is 0 Å². The van der Waals surface area contributed by atoms with Crippen LogP contribution in [-0.4, -0.2) is 36.6 Å². The summed E-state index contributed by atoms with van der Waals surface area (Å²) in [6.45, 7) is 4.85. The van der Waals surface area contributed by atoms with Crippen LogP contribution < -0.4 is 0 Å². The molecule has 5 heteroatoms. The number of ether oxygens (including phenoxy) is 2. The number of H-pyrrole nitrogens is 1. The Morgan fingerprint density at radius 3 is 2.68 bits per heavy atom. The number of benzene rings is 1. The zero-order chi connectivity index (χ0) is 17.8. The number of fused-ring (bicyclic) bond motifs is 1. The molecule has 0 unspecified atom stereocenters. The van der Waals surface area contributed by atoms with Gasteiger partial charge >= 0.3 is 5.97 Å². The van der Waals surface area contributed by atoms with Crippen LogP contribution >= 0.6 is 0 Å². The number of carbonyl (C=O) groups is 2. The van der Waals surface area contributed by atoms with Crippen LogP contribution in [0.25, 0.3) is 0 Å². The fourth-order valence-electron chi connectivity index (χ4n) is 3.41. The van der Waals surface area contributed by atoms with Crippen molar-refractivity contribution < 1.29 is 19.1 Å². The minimum absolute atomic E-state index is 0.0808. The number of hydrogen-bond acceptors (Lipinski definition) is 4. The first-order chi connectivity index (χ1) is 12.1. The first-order valence-electron chi connectivity index (χ1n) is 8.66. The lowest BCUT2D eigenvalue weighted by molar-refractivity contribution is 0.0329.